The van der Waals surface area contributed by atoms with Crippen LogP contribution in [-0.2, 0) is 0 Å². The smallest absolute Gasteiger partial charge is 0.404 e. The first-order chi connectivity index (χ1) is 7.84. The van der Waals surface area contributed by atoms with Gasteiger partial charge in [-0.05, 0) is 37.0 Å². The van der Waals surface area contributed by atoms with Crippen LogP contribution >= 0.6 is 0 Å². The van der Waals surface area contributed by atoms with Crippen molar-refractivity contribution in [1.82, 2.24) is 5.32 Å². The minimum atomic E-state index is -0.952. The standard InChI is InChI=1S/C13H22N2O2/c1-13(2,3)11(15-12(16)17)10-6-4-9(8-14)5-7-10/h9-11,15H,4-7H2,1-3H3,(H,16,17)/t9-,10-,11?. The molecular formula is C13H22N2O2. The number of amides is 1. The maximum absolute atomic E-state index is 10.9. The zero-order chi connectivity index (χ0) is 13.1. The molecule has 1 fully saturated rings. The van der Waals surface area contributed by atoms with Crippen molar-refractivity contribution in [3.63, 3.8) is 0 Å². The first-order valence-electron chi connectivity index (χ1n) is 6.23. The fourth-order valence-electron chi connectivity index (χ4n) is 2.76. The van der Waals surface area contributed by atoms with Crippen molar-refractivity contribution in [2.75, 3.05) is 0 Å². The van der Waals surface area contributed by atoms with Crippen LogP contribution in [0.4, 0.5) is 4.79 Å². The molecule has 0 aromatic heterocycles. The Morgan fingerprint density at radius 2 is 1.88 bits per heavy atom. The normalized spacial score (nSPS) is 26.9. The van der Waals surface area contributed by atoms with E-state index in [0.29, 0.717) is 5.92 Å². The highest BCUT2D eigenvalue weighted by Gasteiger charge is 2.35. The Labute approximate surface area is 103 Å². The van der Waals surface area contributed by atoms with Crippen LogP contribution in [0.15, 0.2) is 0 Å². The number of hydrogen-bond donors (Lipinski definition) is 2. The molecule has 1 aliphatic carbocycles. The molecule has 0 aliphatic heterocycles. The van der Waals surface area contributed by atoms with Gasteiger partial charge in [0.1, 0.15) is 0 Å². The molecule has 1 aliphatic rings. The number of nitriles is 1. The third kappa shape index (κ3) is 3.92. The molecule has 4 nitrogen and oxygen atoms in total. The lowest BCUT2D eigenvalue weighted by Gasteiger charge is -2.39. The molecule has 4 heteroatoms. The molecule has 0 aromatic carbocycles. The molecule has 0 radical (unpaired) electrons. The predicted molar refractivity (Wildman–Crippen MR) is 65.5 cm³/mol. The molecule has 2 N–H and O–H groups in total. The summed E-state index contributed by atoms with van der Waals surface area (Å²) in [5, 5.41) is 20.4. The van der Waals surface area contributed by atoms with Gasteiger partial charge in [0, 0.05) is 12.0 Å². The summed E-state index contributed by atoms with van der Waals surface area (Å²) >= 11 is 0. The Bertz CT molecular complexity index is 306. The van der Waals surface area contributed by atoms with Gasteiger partial charge in [0.15, 0.2) is 0 Å². The van der Waals surface area contributed by atoms with Crippen LogP contribution in [0.1, 0.15) is 46.5 Å². The minimum absolute atomic E-state index is 0.0281. The molecule has 1 amide bonds. The number of nitrogens with zero attached hydrogens (tertiary/aromatic N) is 1. The highest BCUT2D eigenvalue weighted by molar-refractivity contribution is 5.65. The Morgan fingerprint density at radius 3 is 2.24 bits per heavy atom. The van der Waals surface area contributed by atoms with Crippen molar-refractivity contribution >= 4 is 6.09 Å². The van der Waals surface area contributed by atoms with Crippen LogP contribution in [-0.4, -0.2) is 17.2 Å². The van der Waals surface area contributed by atoms with Crippen molar-refractivity contribution < 1.29 is 9.90 Å². The van der Waals surface area contributed by atoms with E-state index in [-0.39, 0.29) is 17.4 Å². The Hall–Kier alpha value is -1.24. The highest BCUT2D eigenvalue weighted by atomic mass is 16.4. The number of rotatable bonds is 2. The molecule has 96 valence electrons. The second-order valence-corrected chi connectivity index (χ2v) is 6.03. The molecule has 1 unspecified atom stereocenters. The van der Waals surface area contributed by atoms with Crippen molar-refractivity contribution in [3.8, 4) is 6.07 Å². The topological polar surface area (TPSA) is 73.1 Å². The van der Waals surface area contributed by atoms with E-state index >= 15 is 0 Å². The third-order valence-corrected chi connectivity index (χ3v) is 3.64. The van der Waals surface area contributed by atoms with Crippen molar-refractivity contribution in [1.29, 1.82) is 5.26 Å². The van der Waals surface area contributed by atoms with Crippen LogP contribution < -0.4 is 5.32 Å². The summed E-state index contributed by atoms with van der Waals surface area (Å²) < 4.78 is 0. The first kappa shape index (κ1) is 13.8. The van der Waals surface area contributed by atoms with Crippen LogP contribution in [0.3, 0.4) is 0 Å². The molecule has 1 atom stereocenters. The lowest BCUT2D eigenvalue weighted by atomic mass is 9.71. The summed E-state index contributed by atoms with van der Waals surface area (Å²) in [6.45, 7) is 6.18. The molecule has 0 heterocycles. The van der Waals surface area contributed by atoms with Gasteiger partial charge in [-0.15, -0.1) is 0 Å². The van der Waals surface area contributed by atoms with E-state index in [1.165, 1.54) is 0 Å². The number of hydrogen-bond acceptors (Lipinski definition) is 2. The van der Waals surface area contributed by atoms with Gasteiger partial charge < -0.3 is 10.4 Å². The molecule has 1 saturated carbocycles. The first-order valence-corrected chi connectivity index (χ1v) is 6.23. The van der Waals surface area contributed by atoms with Gasteiger partial charge in [0.2, 0.25) is 0 Å². The highest BCUT2D eigenvalue weighted by Crippen LogP contribution is 2.36. The van der Waals surface area contributed by atoms with Gasteiger partial charge in [-0.3, -0.25) is 0 Å². The summed E-state index contributed by atoms with van der Waals surface area (Å²) in [7, 11) is 0. The van der Waals surface area contributed by atoms with Crippen LogP contribution in [0.2, 0.25) is 0 Å². The summed E-state index contributed by atoms with van der Waals surface area (Å²) in [5.74, 6) is 0.521. The average Bonchev–Trinajstić information content (AvgIpc) is 2.24. The lowest BCUT2D eigenvalue weighted by Crippen LogP contribution is -2.49. The maximum atomic E-state index is 10.9. The van der Waals surface area contributed by atoms with E-state index in [4.69, 9.17) is 10.4 Å². The fraction of sp³-hybridized carbons (Fsp3) is 0.846. The quantitative estimate of drug-likeness (QED) is 0.776. The molecule has 0 spiro atoms. The van der Waals surface area contributed by atoms with E-state index in [9.17, 15) is 4.79 Å². The zero-order valence-corrected chi connectivity index (χ0v) is 10.9. The van der Waals surface area contributed by atoms with E-state index in [0.717, 1.165) is 25.7 Å². The number of carboxylic acid groups (broad SMARTS) is 1. The molecule has 0 aromatic rings. The van der Waals surface area contributed by atoms with Gasteiger partial charge in [-0.25, -0.2) is 4.79 Å². The maximum Gasteiger partial charge on any atom is 0.404 e. The van der Waals surface area contributed by atoms with Crippen LogP contribution in [0, 0.1) is 28.6 Å². The second kappa shape index (κ2) is 5.39. The third-order valence-electron chi connectivity index (χ3n) is 3.64. The molecule has 17 heavy (non-hydrogen) atoms. The Morgan fingerprint density at radius 1 is 1.35 bits per heavy atom. The van der Waals surface area contributed by atoms with Crippen LogP contribution in [0.25, 0.3) is 0 Å². The summed E-state index contributed by atoms with van der Waals surface area (Å²) in [6.07, 6.45) is 2.73. The fourth-order valence-corrected chi connectivity index (χ4v) is 2.76. The van der Waals surface area contributed by atoms with Crippen molar-refractivity contribution in [2.45, 2.75) is 52.5 Å². The van der Waals surface area contributed by atoms with Crippen molar-refractivity contribution in [3.05, 3.63) is 0 Å². The van der Waals surface area contributed by atoms with Gasteiger partial charge in [-0.2, -0.15) is 5.26 Å². The average molecular weight is 238 g/mol. The molecule has 0 bridgehead atoms. The van der Waals surface area contributed by atoms with Crippen molar-refractivity contribution in [2.24, 2.45) is 17.3 Å². The second-order valence-electron chi connectivity index (χ2n) is 6.03. The van der Waals surface area contributed by atoms with Gasteiger partial charge >= 0.3 is 6.09 Å². The van der Waals surface area contributed by atoms with E-state index in [1.807, 2.05) is 0 Å². The summed E-state index contributed by atoms with van der Waals surface area (Å²) in [6, 6.07) is 2.28. The predicted octanol–water partition coefficient (Wildman–Crippen LogP) is 3.00. The van der Waals surface area contributed by atoms with E-state index in [1.54, 1.807) is 0 Å². The van der Waals surface area contributed by atoms with Crippen LogP contribution in [0.5, 0.6) is 0 Å². The monoisotopic (exact) mass is 238 g/mol. The molecule has 1 rings (SSSR count). The Kier molecular flexibility index (Phi) is 4.39. The molecular weight excluding hydrogens is 216 g/mol. The summed E-state index contributed by atoms with van der Waals surface area (Å²) in [5.41, 5.74) is -0.0808. The van der Waals surface area contributed by atoms with E-state index < -0.39 is 6.09 Å². The summed E-state index contributed by atoms with van der Waals surface area (Å²) in [4.78, 5) is 10.9. The zero-order valence-electron chi connectivity index (χ0n) is 10.9. The number of carbonyl (C=O) groups is 1. The minimum Gasteiger partial charge on any atom is -0.465 e. The van der Waals surface area contributed by atoms with Gasteiger partial charge in [-0.1, -0.05) is 20.8 Å². The number of nitrogens with one attached hydrogen (secondary N) is 1. The van der Waals surface area contributed by atoms with Gasteiger partial charge in [0.25, 0.3) is 0 Å². The molecule has 0 saturated heterocycles. The van der Waals surface area contributed by atoms with Gasteiger partial charge in [0.05, 0.1) is 6.07 Å². The largest absolute Gasteiger partial charge is 0.465 e. The van der Waals surface area contributed by atoms with E-state index in [2.05, 4.69) is 32.2 Å². The SMILES string of the molecule is CC(C)(C)C(NC(=O)O)[C@H]1CC[C@H](C#N)CC1. The Balaban J connectivity index is 2.66. The lowest BCUT2D eigenvalue weighted by molar-refractivity contribution is 0.131.